The van der Waals surface area contributed by atoms with Crippen LogP contribution >= 0.6 is 0 Å². The fourth-order valence-electron chi connectivity index (χ4n) is 7.39. The van der Waals surface area contributed by atoms with E-state index in [1.807, 2.05) is 97.1 Å². The van der Waals surface area contributed by atoms with Gasteiger partial charge in [0.1, 0.15) is 0 Å². The fraction of sp³-hybridized carbons (Fsp3) is 0. The van der Waals surface area contributed by atoms with Gasteiger partial charge in [0.05, 0.1) is 41.3 Å². The number of fused-ring (bicyclic) bond motifs is 6. The first-order valence-corrected chi connectivity index (χ1v) is 17.7. The van der Waals surface area contributed by atoms with Crippen molar-refractivity contribution in [3.8, 4) is 56.7 Å². The van der Waals surface area contributed by atoms with Crippen LogP contribution in [0.3, 0.4) is 0 Å². The zero-order valence-electron chi connectivity index (χ0n) is 43.2. The molecule has 56 heavy (non-hydrogen) atoms. The van der Waals surface area contributed by atoms with Crippen molar-refractivity contribution >= 4 is 43.6 Å². The smallest absolute Gasteiger partial charge is 0.238 e. The number of benzene rings is 8. The Hall–Kier alpha value is -7.63. The number of hydrogen-bond acceptors (Lipinski definition) is 3. The highest BCUT2D eigenvalue weighted by Crippen LogP contribution is 2.40. The number of rotatable bonds is 6. The predicted molar refractivity (Wildman–Crippen MR) is 230 cm³/mol. The first-order chi connectivity index (χ1) is 33.6. The lowest BCUT2D eigenvalue weighted by atomic mass is 10.0. The zero-order valence-corrected chi connectivity index (χ0v) is 29.2. The lowest BCUT2D eigenvalue weighted by molar-refractivity contribution is 0.953. The summed E-state index contributed by atoms with van der Waals surface area (Å²) in [6.45, 7) is 0. The van der Waals surface area contributed by atoms with Gasteiger partial charge in [-0.05, 0) is 64.7 Å². The fourth-order valence-corrected chi connectivity index (χ4v) is 7.39. The molecule has 11 rings (SSSR count). The molecule has 0 spiro atoms. The molecule has 3 heterocycles. The van der Waals surface area contributed by atoms with Gasteiger partial charge in [0, 0.05) is 38.4 Å². The number of hydrogen-bond donors (Lipinski definition) is 0. The van der Waals surface area contributed by atoms with Crippen LogP contribution in [0.25, 0.3) is 100 Å². The van der Waals surface area contributed by atoms with Gasteiger partial charge in [-0.2, -0.15) is 9.97 Å². The monoisotopic (exact) mass is 729 g/mol. The van der Waals surface area contributed by atoms with Crippen molar-refractivity contribution in [1.82, 2.24) is 24.1 Å². The van der Waals surface area contributed by atoms with E-state index in [-0.39, 0.29) is 5.95 Å². The van der Waals surface area contributed by atoms with Gasteiger partial charge >= 0.3 is 0 Å². The standard InChI is InChI=1S/C51H33N5/c1-4-16-34(17-5-1)37-22-14-24-39(30-37)50-52-49(36-20-8-3-9-21-36)53-51(54-50)56-46-29-13-11-27-42(46)44-32-43-41-26-10-12-28-45(41)55(47(43)33-48(44)56)40-25-15-23-38(31-40)35-18-6-2-7-19-35/h1-33H/i1D,3D,4D,5D,8D,9D,14D,16D,17D,20D,21D,22D,24D,30D. The number of aromatic nitrogens is 5. The van der Waals surface area contributed by atoms with Gasteiger partial charge in [-0.15, -0.1) is 0 Å². The van der Waals surface area contributed by atoms with Crippen molar-refractivity contribution in [1.29, 1.82) is 0 Å². The van der Waals surface area contributed by atoms with E-state index < -0.39 is 118 Å². The average Bonchev–Trinajstić information content (AvgIpc) is 3.88. The van der Waals surface area contributed by atoms with E-state index in [0.29, 0.717) is 11.0 Å². The van der Waals surface area contributed by atoms with Crippen LogP contribution in [-0.4, -0.2) is 24.1 Å². The summed E-state index contributed by atoms with van der Waals surface area (Å²) in [7, 11) is 0. The third kappa shape index (κ3) is 5.29. The van der Waals surface area contributed by atoms with Gasteiger partial charge in [0.25, 0.3) is 0 Å². The number of para-hydroxylation sites is 2. The molecule has 11 aromatic rings. The molecule has 262 valence electrons. The van der Waals surface area contributed by atoms with Crippen LogP contribution in [0.1, 0.15) is 19.2 Å². The third-order valence-electron chi connectivity index (χ3n) is 9.82. The highest BCUT2D eigenvalue weighted by Gasteiger charge is 2.21. The summed E-state index contributed by atoms with van der Waals surface area (Å²) in [5.74, 6) is -1.10. The van der Waals surface area contributed by atoms with E-state index in [9.17, 15) is 2.74 Å². The van der Waals surface area contributed by atoms with Crippen LogP contribution < -0.4 is 0 Å². The Morgan fingerprint density at radius 3 is 1.66 bits per heavy atom. The van der Waals surface area contributed by atoms with Crippen LogP contribution in [-0.2, 0) is 0 Å². The molecule has 5 nitrogen and oxygen atoms in total. The van der Waals surface area contributed by atoms with Gasteiger partial charge in [-0.1, -0.05) is 157 Å². The maximum atomic E-state index is 9.54. The molecule has 8 aromatic carbocycles. The molecule has 0 bridgehead atoms. The largest absolute Gasteiger partial charge is 0.309 e. The average molecular weight is 730 g/mol. The van der Waals surface area contributed by atoms with Crippen molar-refractivity contribution in [2.75, 3.05) is 0 Å². The highest BCUT2D eigenvalue weighted by molar-refractivity contribution is 6.19. The second kappa shape index (κ2) is 13.0. The molecule has 0 saturated carbocycles. The topological polar surface area (TPSA) is 48.5 Å². The van der Waals surface area contributed by atoms with E-state index in [0.717, 1.165) is 49.4 Å². The van der Waals surface area contributed by atoms with Crippen LogP contribution in [0.4, 0.5) is 0 Å². The summed E-state index contributed by atoms with van der Waals surface area (Å²) in [6, 6.07) is 27.8. The first kappa shape index (κ1) is 20.7. The lowest BCUT2D eigenvalue weighted by Crippen LogP contribution is -2.06. The molecule has 0 aliphatic heterocycles. The molecule has 0 aliphatic rings. The molecule has 0 N–H and O–H groups in total. The molecule has 0 fully saturated rings. The Morgan fingerprint density at radius 2 is 0.929 bits per heavy atom. The molecule has 0 atom stereocenters. The summed E-state index contributed by atoms with van der Waals surface area (Å²) >= 11 is 0. The Morgan fingerprint density at radius 1 is 0.357 bits per heavy atom. The lowest BCUT2D eigenvalue weighted by Gasteiger charge is -2.12. The second-order valence-corrected chi connectivity index (χ2v) is 13.0. The number of nitrogens with zero attached hydrogens (tertiary/aromatic N) is 5. The molecule has 0 amide bonds. The molecule has 5 heteroatoms. The van der Waals surface area contributed by atoms with E-state index in [2.05, 4.69) is 27.8 Å². The minimum Gasteiger partial charge on any atom is -0.309 e. The Kier molecular flexibility index (Phi) is 4.83. The maximum Gasteiger partial charge on any atom is 0.238 e. The zero-order chi connectivity index (χ0) is 49.2. The molecule has 0 radical (unpaired) electrons. The van der Waals surface area contributed by atoms with Crippen LogP contribution in [0.2, 0.25) is 0 Å². The SMILES string of the molecule is [2H]c1c([2H])c([2H])c(-c2nc(-c3c([2H])c([2H])c([2H])c(-c4c([2H])c([2H])c([2H])c([2H])c4[2H])c3[2H])nc(-n3c4ccccc4c4cc5c6ccccc6n(-c6cccc(-c7ccccc7)c6)c5cc43)n2)c([2H])c1[2H]. The molecular weight excluding hydrogens is 683 g/mol. The summed E-state index contributed by atoms with van der Waals surface area (Å²) < 4.78 is 126. The molecule has 0 aliphatic carbocycles. The quantitative estimate of drug-likeness (QED) is 0.171. The molecule has 0 saturated heterocycles. The van der Waals surface area contributed by atoms with Gasteiger partial charge in [-0.25, -0.2) is 4.98 Å². The Bertz CT molecular complexity index is 4020. The van der Waals surface area contributed by atoms with Crippen molar-refractivity contribution < 1.29 is 19.2 Å². The van der Waals surface area contributed by atoms with Crippen molar-refractivity contribution in [2.24, 2.45) is 0 Å². The first-order valence-electron chi connectivity index (χ1n) is 24.7. The van der Waals surface area contributed by atoms with E-state index in [1.54, 1.807) is 4.57 Å². The van der Waals surface area contributed by atoms with E-state index in [4.69, 9.17) is 26.4 Å². The maximum absolute atomic E-state index is 9.54. The van der Waals surface area contributed by atoms with Crippen molar-refractivity contribution in [3.63, 3.8) is 0 Å². The third-order valence-corrected chi connectivity index (χ3v) is 9.82. The highest BCUT2D eigenvalue weighted by atomic mass is 15.2. The normalized spacial score (nSPS) is 15.1. The second-order valence-electron chi connectivity index (χ2n) is 13.0. The minimum atomic E-state index is -0.775. The predicted octanol–water partition coefficient (Wildman–Crippen LogP) is 12.7. The Balaban J connectivity index is 1.26. The molecule has 0 unspecified atom stereocenters. The van der Waals surface area contributed by atoms with Gasteiger partial charge in [0.2, 0.25) is 5.95 Å². The summed E-state index contributed by atoms with van der Waals surface area (Å²) in [5, 5.41) is 3.46. The van der Waals surface area contributed by atoms with Crippen molar-refractivity contribution in [3.05, 3.63) is 200 Å². The van der Waals surface area contributed by atoms with Gasteiger partial charge in [0.15, 0.2) is 11.6 Å². The molecular formula is C51H33N5. The van der Waals surface area contributed by atoms with E-state index in [1.165, 1.54) is 0 Å². The van der Waals surface area contributed by atoms with Crippen LogP contribution in [0.15, 0.2) is 200 Å². The van der Waals surface area contributed by atoms with Crippen LogP contribution in [0.5, 0.6) is 0 Å². The van der Waals surface area contributed by atoms with Crippen molar-refractivity contribution in [2.45, 2.75) is 0 Å². The van der Waals surface area contributed by atoms with Crippen LogP contribution in [0, 0.1) is 0 Å². The minimum absolute atomic E-state index is 0.171. The van der Waals surface area contributed by atoms with Gasteiger partial charge in [-0.3, -0.25) is 4.57 Å². The summed E-state index contributed by atoms with van der Waals surface area (Å²) in [5.41, 5.74) is 3.78. The summed E-state index contributed by atoms with van der Waals surface area (Å²) in [6.07, 6.45) is 0. The summed E-state index contributed by atoms with van der Waals surface area (Å²) in [4.78, 5) is 14.3. The van der Waals surface area contributed by atoms with E-state index >= 15 is 0 Å². The molecule has 3 aromatic heterocycles. The Labute approximate surface area is 343 Å². The van der Waals surface area contributed by atoms with Gasteiger partial charge < -0.3 is 4.57 Å².